The van der Waals surface area contributed by atoms with Crippen LogP contribution in [0.1, 0.15) is 20.7 Å². The van der Waals surface area contributed by atoms with Gasteiger partial charge in [-0.3, -0.25) is 14.6 Å². The van der Waals surface area contributed by atoms with Crippen LogP contribution in [0.2, 0.25) is 0 Å². The zero-order chi connectivity index (χ0) is 15.5. The van der Waals surface area contributed by atoms with Gasteiger partial charge in [-0.05, 0) is 24.3 Å². The Morgan fingerprint density at radius 2 is 2.00 bits per heavy atom. The molecule has 0 bridgehead atoms. The number of nitrogens with two attached hydrogens (primary N) is 1. The average Bonchev–Trinajstić information content (AvgIpc) is 2.55. The van der Waals surface area contributed by atoms with E-state index in [-0.39, 0.29) is 0 Å². The van der Waals surface area contributed by atoms with Crippen molar-refractivity contribution < 1.29 is 14.3 Å². The maximum absolute atomic E-state index is 11.1. The number of benzene rings is 1. The molecule has 0 saturated heterocycles. The van der Waals surface area contributed by atoms with Gasteiger partial charge in [-0.1, -0.05) is 6.07 Å². The van der Waals surface area contributed by atoms with Gasteiger partial charge in [0.2, 0.25) is 11.8 Å². The van der Waals surface area contributed by atoms with Gasteiger partial charge >= 0.3 is 0 Å². The number of pyridine rings is 2. The van der Waals surface area contributed by atoms with E-state index in [1.54, 1.807) is 36.5 Å². The van der Waals surface area contributed by atoms with Gasteiger partial charge in [0.25, 0.3) is 0 Å². The van der Waals surface area contributed by atoms with Gasteiger partial charge in [-0.25, -0.2) is 4.98 Å². The number of carbonyl (C=O) groups excluding carboxylic acids is 2. The summed E-state index contributed by atoms with van der Waals surface area (Å²) in [5.74, 6) is 0.220. The molecule has 0 aliphatic heterocycles. The third kappa shape index (κ3) is 2.49. The molecule has 0 saturated carbocycles. The van der Waals surface area contributed by atoms with Gasteiger partial charge in [0.05, 0.1) is 5.56 Å². The summed E-state index contributed by atoms with van der Waals surface area (Å²) in [5, 5.41) is 0.698. The molecule has 22 heavy (non-hydrogen) atoms. The molecule has 6 heteroatoms. The Hall–Kier alpha value is -3.28. The van der Waals surface area contributed by atoms with Crippen molar-refractivity contribution in [2.75, 3.05) is 0 Å². The molecule has 2 aromatic heterocycles. The zero-order valence-electron chi connectivity index (χ0n) is 11.4. The summed E-state index contributed by atoms with van der Waals surface area (Å²) < 4.78 is 5.68. The lowest BCUT2D eigenvalue weighted by Gasteiger charge is -2.08. The highest BCUT2D eigenvalue weighted by molar-refractivity contribution is 5.99. The van der Waals surface area contributed by atoms with Crippen molar-refractivity contribution in [1.29, 1.82) is 0 Å². The van der Waals surface area contributed by atoms with E-state index in [4.69, 9.17) is 10.5 Å². The molecule has 108 valence electrons. The second kappa shape index (κ2) is 5.61. The predicted molar refractivity (Wildman–Crippen MR) is 80.0 cm³/mol. The number of primary amides is 1. The third-order valence-electron chi connectivity index (χ3n) is 3.13. The van der Waals surface area contributed by atoms with Crippen molar-refractivity contribution in [2.45, 2.75) is 0 Å². The highest BCUT2D eigenvalue weighted by atomic mass is 16.5. The largest absolute Gasteiger partial charge is 0.437 e. The van der Waals surface area contributed by atoms with Crippen LogP contribution in [0.5, 0.6) is 11.6 Å². The van der Waals surface area contributed by atoms with E-state index in [9.17, 15) is 9.59 Å². The molecule has 0 radical (unpaired) electrons. The molecule has 1 amide bonds. The van der Waals surface area contributed by atoms with Gasteiger partial charge in [0.15, 0.2) is 12.0 Å². The molecule has 2 N–H and O–H groups in total. The topological polar surface area (TPSA) is 95.2 Å². The predicted octanol–water partition coefficient (Wildman–Crippen LogP) is 2.33. The zero-order valence-corrected chi connectivity index (χ0v) is 11.4. The second-order valence-electron chi connectivity index (χ2n) is 4.52. The highest BCUT2D eigenvalue weighted by Crippen LogP contribution is 2.29. The average molecular weight is 293 g/mol. The number of hydrogen-bond acceptors (Lipinski definition) is 5. The van der Waals surface area contributed by atoms with Gasteiger partial charge in [-0.15, -0.1) is 0 Å². The fraction of sp³-hybridized carbons (Fsp3) is 0. The first-order chi connectivity index (χ1) is 10.7. The lowest BCUT2D eigenvalue weighted by atomic mass is 10.1. The van der Waals surface area contributed by atoms with Crippen molar-refractivity contribution in [3.63, 3.8) is 0 Å². The quantitative estimate of drug-likeness (QED) is 0.745. The summed E-state index contributed by atoms with van der Waals surface area (Å²) >= 11 is 0. The van der Waals surface area contributed by atoms with Crippen LogP contribution in [0.4, 0.5) is 0 Å². The molecule has 1 aromatic carbocycles. The van der Waals surface area contributed by atoms with Crippen molar-refractivity contribution in [3.05, 3.63) is 59.9 Å². The van der Waals surface area contributed by atoms with Crippen molar-refractivity contribution in [2.24, 2.45) is 5.73 Å². The number of rotatable bonds is 4. The molecule has 2 heterocycles. The summed E-state index contributed by atoms with van der Waals surface area (Å²) in [5.41, 5.74) is 6.56. The lowest BCUT2D eigenvalue weighted by molar-refractivity contribution is 0.0999. The van der Waals surface area contributed by atoms with E-state index in [0.717, 1.165) is 6.29 Å². The van der Waals surface area contributed by atoms with Gasteiger partial charge < -0.3 is 10.5 Å². The Bertz CT molecular complexity index is 860. The summed E-state index contributed by atoms with van der Waals surface area (Å²) in [6.45, 7) is 0. The van der Waals surface area contributed by atoms with Gasteiger partial charge in [0, 0.05) is 29.4 Å². The summed E-state index contributed by atoms with van der Waals surface area (Å²) in [7, 11) is 0. The van der Waals surface area contributed by atoms with Crippen LogP contribution >= 0.6 is 0 Å². The SMILES string of the molecule is NC(=O)c1ccc(Oc2ccc(C=O)c3cccnc23)nc1. The molecule has 6 nitrogen and oxygen atoms in total. The molecule has 0 spiro atoms. The first-order valence-electron chi connectivity index (χ1n) is 6.45. The molecule has 3 rings (SSSR count). The van der Waals surface area contributed by atoms with Crippen LogP contribution in [0, 0.1) is 0 Å². The molecule has 0 aliphatic rings. The monoisotopic (exact) mass is 293 g/mol. The fourth-order valence-electron chi connectivity index (χ4n) is 2.05. The Labute approximate surface area is 125 Å². The normalized spacial score (nSPS) is 10.4. The highest BCUT2D eigenvalue weighted by Gasteiger charge is 2.09. The van der Waals surface area contributed by atoms with Crippen LogP contribution in [-0.4, -0.2) is 22.2 Å². The Morgan fingerprint density at radius 3 is 2.68 bits per heavy atom. The first-order valence-corrected chi connectivity index (χ1v) is 6.45. The van der Waals surface area contributed by atoms with E-state index in [1.165, 1.54) is 12.3 Å². The minimum atomic E-state index is -0.554. The van der Waals surface area contributed by atoms with E-state index in [2.05, 4.69) is 9.97 Å². The lowest BCUT2D eigenvalue weighted by Crippen LogP contribution is -2.10. The maximum Gasteiger partial charge on any atom is 0.250 e. The van der Waals surface area contributed by atoms with Crippen molar-refractivity contribution in [3.8, 4) is 11.6 Å². The van der Waals surface area contributed by atoms with Crippen molar-refractivity contribution >= 4 is 23.1 Å². The Morgan fingerprint density at radius 1 is 1.14 bits per heavy atom. The molecular weight excluding hydrogens is 282 g/mol. The fourth-order valence-corrected chi connectivity index (χ4v) is 2.05. The first kappa shape index (κ1) is 13.7. The van der Waals surface area contributed by atoms with Gasteiger partial charge in [-0.2, -0.15) is 0 Å². The van der Waals surface area contributed by atoms with Crippen LogP contribution in [0.3, 0.4) is 0 Å². The summed E-state index contributed by atoms with van der Waals surface area (Å²) in [6.07, 6.45) is 3.73. The minimum absolute atomic E-state index is 0.298. The van der Waals surface area contributed by atoms with Crippen LogP contribution in [-0.2, 0) is 0 Å². The number of nitrogens with zero attached hydrogens (tertiary/aromatic N) is 2. The van der Waals surface area contributed by atoms with Crippen LogP contribution in [0.15, 0.2) is 48.8 Å². The molecule has 0 fully saturated rings. The van der Waals surface area contributed by atoms with E-state index in [1.807, 2.05) is 0 Å². The number of carbonyl (C=O) groups is 2. The Kier molecular flexibility index (Phi) is 3.49. The second-order valence-corrected chi connectivity index (χ2v) is 4.52. The number of fused-ring (bicyclic) bond motifs is 1. The molecule has 3 aromatic rings. The molecule has 0 atom stereocenters. The summed E-state index contributed by atoms with van der Waals surface area (Å²) in [4.78, 5) is 30.4. The number of ether oxygens (including phenoxy) is 1. The third-order valence-corrected chi connectivity index (χ3v) is 3.13. The maximum atomic E-state index is 11.1. The number of amides is 1. The smallest absolute Gasteiger partial charge is 0.250 e. The molecular formula is C16H11N3O3. The van der Waals surface area contributed by atoms with E-state index < -0.39 is 5.91 Å². The number of hydrogen-bond donors (Lipinski definition) is 1. The Balaban J connectivity index is 2.00. The number of aromatic nitrogens is 2. The minimum Gasteiger partial charge on any atom is -0.437 e. The van der Waals surface area contributed by atoms with E-state index in [0.29, 0.717) is 33.7 Å². The molecule has 0 aliphatic carbocycles. The molecule has 0 unspecified atom stereocenters. The standard InChI is InChI=1S/C16H11N3O3/c17-16(21)10-4-6-14(19-8-10)22-13-5-3-11(9-20)12-2-1-7-18-15(12)13/h1-9H,(H2,17,21). The van der Waals surface area contributed by atoms with Crippen LogP contribution in [0.25, 0.3) is 10.9 Å². The van der Waals surface area contributed by atoms with Gasteiger partial charge in [0.1, 0.15) is 5.52 Å². The number of aldehydes is 1. The van der Waals surface area contributed by atoms with Crippen LogP contribution < -0.4 is 10.5 Å². The van der Waals surface area contributed by atoms with Crippen molar-refractivity contribution in [1.82, 2.24) is 9.97 Å². The van der Waals surface area contributed by atoms with E-state index >= 15 is 0 Å². The summed E-state index contributed by atoms with van der Waals surface area (Å²) in [6, 6.07) is 9.93.